The second kappa shape index (κ2) is 7.22. The van der Waals surface area contributed by atoms with Gasteiger partial charge in [-0.3, -0.25) is 4.79 Å². The van der Waals surface area contributed by atoms with E-state index in [2.05, 4.69) is 33.3 Å². The van der Waals surface area contributed by atoms with E-state index < -0.39 is 0 Å². The van der Waals surface area contributed by atoms with Crippen molar-refractivity contribution in [3.63, 3.8) is 0 Å². The number of aryl methyl sites for hydroxylation is 1. The number of anilines is 1. The Hall–Kier alpha value is -0.880. The summed E-state index contributed by atoms with van der Waals surface area (Å²) in [7, 11) is 0. The molecule has 0 bridgehead atoms. The standard InChI is InChI=1S/C14H23BrN4O/c1-2-3-8-19-14(20)13(15)12(9-17-19)18-11-6-4-10(16)5-7-11/h9-11,18H,2-8,16H2,1H3. The molecule has 0 amide bonds. The molecule has 2 rings (SSSR count). The lowest BCUT2D eigenvalue weighted by molar-refractivity contribution is 0.410. The van der Waals surface area contributed by atoms with Gasteiger partial charge in [-0.05, 0) is 48.0 Å². The third-order valence-corrected chi connectivity index (χ3v) is 4.61. The molecule has 1 saturated carbocycles. The van der Waals surface area contributed by atoms with Gasteiger partial charge in [-0.1, -0.05) is 13.3 Å². The number of hydrogen-bond donors (Lipinski definition) is 2. The van der Waals surface area contributed by atoms with Gasteiger partial charge in [0.05, 0.1) is 11.9 Å². The van der Waals surface area contributed by atoms with Gasteiger partial charge >= 0.3 is 0 Å². The average Bonchev–Trinajstić information content (AvgIpc) is 2.45. The van der Waals surface area contributed by atoms with Crippen molar-refractivity contribution in [2.24, 2.45) is 5.73 Å². The summed E-state index contributed by atoms with van der Waals surface area (Å²) in [6.07, 6.45) is 7.93. The van der Waals surface area contributed by atoms with Gasteiger partial charge in [0.25, 0.3) is 5.56 Å². The summed E-state index contributed by atoms with van der Waals surface area (Å²) < 4.78 is 2.11. The van der Waals surface area contributed by atoms with Crippen LogP contribution >= 0.6 is 15.9 Å². The second-order valence-electron chi connectivity index (χ2n) is 5.51. The Morgan fingerprint density at radius 2 is 2.15 bits per heavy atom. The zero-order chi connectivity index (χ0) is 14.5. The molecule has 1 aliphatic carbocycles. The molecule has 3 N–H and O–H groups in total. The maximum atomic E-state index is 12.2. The fourth-order valence-electron chi connectivity index (χ4n) is 2.52. The number of halogens is 1. The summed E-state index contributed by atoms with van der Waals surface area (Å²) in [4.78, 5) is 12.2. The van der Waals surface area contributed by atoms with Crippen LogP contribution in [0.25, 0.3) is 0 Å². The topological polar surface area (TPSA) is 72.9 Å². The predicted molar refractivity (Wildman–Crippen MR) is 85.0 cm³/mol. The Morgan fingerprint density at radius 3 is 2.80 bits per heavy atom. The molecule has 1 heterocycles. The maximum Gasteiger partial charge on any atom is 0.283 e. The SMILES string of the molecule is CCCCn1ncc(NC2CCC(N)CC2)c(Br)c1=O. The summed E-state index contributed by atoms with van der Waals surface area (Å²) in [6, 6.07) is 0.718. The predicted octanol–water partition coefficient (Wildman–Crippen LogP) is 2.49. The highest BCUT2D eigenvalue weighted by molar-refractivity contribution is 9.10. The zero-order valence-corrected chi connectivity index (χ0v) is 13.5. The van der Waals surface area contributed by atoms with Gasteiger partial charge in [-0.15, -0.1) is 0 Å². The molecule has 0 atom stereocenters. The molecule has 0 aromatic carbocycles. The van der Waals surface area contributed by atoms with Crippen LogP contribution in [0.1, 0.15) is 45.4 Å². The van der Waals surface area contributed by atoms with E-state index >= 15 is 0 Å². The van der Waals surface area contributed by atoms with E-state index in [1.54, 1.807) is 6.20 Å². The summed E-state index contributed by atoms with van der Waals surface area (Å²) in [5.74, 6) is 0. The first-order valence-electron chi connectivity index (χ1n) is 7.39. The van der Waals surface area contributed by atoms with Gasteiger partial charge in [0.1, 0.15) is 4.47 Å². The minimum absolute atomic E-state index is 0.0593. The number of nitrogens with one attached hydrogen (secondary N) is 1. The Morgan fingerprint density at radius 1 is 1.45 bits per heavy atom. The normalized spacial score (nSPS) is 22.8. The molecule has 0 unspecified atom stereocenters. The molecular weight excluding hydrogens is 320 g/mol. The van der Waals surface area contributed by atoms with Crippen molar-refractivity contribution in [3.8, 4) is 0 Å². The number of rotatable bonds is 5. The van der Waals surface area contributed by atoms with Crippen LogP contribution in [0.2, 0.25) is 0 Å². The van der Waals surface area contributed by atoms with Crippen molar-refractivity contribution < 1.29 is 0 Å². The smallest absolute Gasteiger partial charge is 0.283 e. The van der Waals surface area contributed by atoms with E-state index in [1.165, 1.54) is 4.68 Å². The van der Waals surface area contributed by atoms with Crippen molar-refractivity contribution in [1.29, 1.82) is 0 Å². The molecule has 1 aliphatic rings. The molecular formula is C14H23BrN4O. The van der Waals surface area contributed by atoms with Crippen molar-refractivity contribution >= 4 is 21.6 Å². The quantitative estimate of drug-likeness (QED) is 0.862. The molecule has 1 aromatic rings. The van der Waals surface area contributed by atoms with Crippen LogP contribution in [0.15, 0.2) is 15.5 Å². The third kappa shape index (κ3) is 3.82. The van der Waals surface area contributed by atoms with Crippen LogP contribution in [0.4, 0.5) is 5.69 Å². The second-order valence-corrected chi connectivity index (χ2v) is 6.30. The van der Waals surface area contributed by atoms with E-state index in [0.29, 0.717) is 23.1 Å². The van der Waals surface area contributed by atoms with E-state index in [4.69, 9.17) is 5.73 Å². The number of unbranched alkanes of at least 4 members (excludes halogenated alkanes) is 1. The van der Waals surface area contributed by atoms with Crippen molar-refractivity contribution in [3.05, 3.63) is 21.0 Å². The van der Waals surface area contributed by atoms with Crippen LogP contribution in [-0.2, 0) is 6.54 Å². The monoisotopic (exact) mass is 342 g/mol. The Labute approximate surface area is 128 Å². The Kier molecular flexibility index (Phi) is 5.60. The van der Waals surface area contributed by atoms with Gasteiger partial charge in [0.15, 0.2) is 0 Å². The summed E-state index contributed by atoms with van der Waals surface area (Å²) in [6.45, 7) is 2.77. The fourth-order valence-corrected chi connectivity index (χ4v) is 2.94. The summed E-state index contributed by atoms with van der Waals surface area (Å²) in [5, 5.41) is 7.66. The first-order chi connectivity index (χ1) is 9.61. The molecule has 0 saturated heterocycles. The number of aromatic nitrogens is 2. The van der Waals surface area contributed by atoms with Gasteiger partial charge in [0, 0.05) is 18.6 Å². The molecule has 20 heavy (non-hydrogen) atoms. The van der Waals surface area contributed by atoms with Crippen molar-refractivity contribution in [2.45, 2.75) is 64.1 Å². The van der Waals surface area contributed by atoms with Crippen molar-refractivity contribution in [1.82, 2.24) is 9.78 Å². The lowest BCUT2D eigenvalue weighted by atomic mass is 9.92. The largest absolute Gasteiger partial charge is 0.380 e. The van der Waals surface area contributed by atoms with Crippen molar-refractivity contribution in [2.75, 3.05) is 5.32 Å². The molecule has 1 aromatic heterocycles. The molecule has 5 nitrogen and oxygen atoms in total. The molecule has 112 valence electrons. The van der Waals surface area contributed by atoms with E-state index in [-0.39, 0.29) is 5.56 Å². The minimum atomic E-state index is -0.0593. The first kappa shape index (κ1) is 15.5. The Balaban J connectivity index is 2.05. The van der Waals surface area contributed by atoms with E-state index in [0.717, 1.165) is 44.2 Å². The summed E-state index contributed by atoms with van der Waals surface area (Å²) in [5.41, 5.74) is 6.64. The van der Waals surface area contributed by atoms with E-state index in [1.807, 2.05) is 0 Å². The van der Waals surface area contributed by atoms with Crippen LogP contribution in [0.5, 0.6) is 0 Å². The number of nitrogens with two attached hydrogens (primary N) is 1. The highest BCUT2D eigenvalue weighted by Gasteiger charge is 2.19. The van der Waals surface area contributed by atoms with Crippen LogP contribution in [0.3, 0.4) is 0 Å². The third-order valence-electron chi connectivity index (χ3n) is 3.84. The van der Waals surface area contributed by atoms with E-state index in [9.17, 15) is 4.79 Å². The summed E-state index contributed by atoms with van der Waals surface area (Å²) >= 11 is 3.40. The minimum Gasteiger partial charge on any atom is -0.380 e. The van der Waals surface area contributed by atoms with Gasteiger partial charge in [-0.2, -0.15) is 5.10 Å². The number of nitrogens with zero attached hydrogens (tertiary/aromatic N) is 2. The molecule has 6 heteroatoms. The molecule has 1 fully saturated rings. The highest BCUT2D eigenvalue weighted by Crippen LogP contribution is 2.24. The molecule has 0 spiro atoms. The molecule has 0 aliphatic heterocycles. The first-order valence-corrected chi connectivity index (χ1v) is 8.18. The van der Waals surface area contributed by atoms with Gasteiger partial charge < -0.3 is 11.1 Å². The highest BCUT2D eigenvalue weighted by atomic mass is 79.9. The van der Waals surface area contributed by atoms with Crippen LogP contribution in [0, 0.1) is 0 Å². The van der Waals surface area contributed by atoms with Crippen LogP contribution in [-0.4, -0.2) is 21.9 Å². The van der Waals surface area contributed by atoms with Gasteiger partial charge in [-0.25, -0.2) is 4.68 Å². The molecule has 0 radical (unpaired) electrons. The van der Waals surface area contributed by atoms with Gasteiger partial charge in [0.2, 0.25) is 0 Å². The lowest BCUT2D eigenvalue weighted by Crippen LogP contribution is -2.33. The van der Waals surface area contributed by atoms with Crippen LogP contribution < -0.4 is 16.6 Å². The lowest BCUT2D eigenvalue weighted by Gasteiger charge is -2.27. The Bertz CT molecular complexity index is 494. The number of hydrogen-bond acceptors (Lipinski definition) is 4. The zero-order valence-electron chi connectivity index (χ0n) is 11.9. The maximum absolute atomic E-state index is 12.2. The fraction of sp³-hybridized carbons (Fsp3) is 0.714. The average molecular weight is 343 g/mol.